The maximum atomic E-state index is 11.8. The molecule has 0 bridgehead atoms. The number of nitrogens with zero attached hydrogens (tertiary/aromatic N) is 4. The van der Waals surface area contributed by atoms with Crippen molar-refractivity contribution in [2.24, 2.45) is 0 Å². The Balaban J connectivity index is 1.94. The highest BCUT2D eigenvalue weighted by atomic mass is 32.2. The van der Waals surface area contributed by atoms with Gasteiger partial charge in [0.25, 0.3) is 0 Å². The van der Waals surface area contributed by atoms with Gasteiger partial charge in [-0.2, -0.15) is 4.98 Å². The van der Waals surface area contributed by atoms with Crippen LogP contribution in [0.3, 0.4) is 0 Å². The van der Waals surface area contributed by atoms with Crippen LogP contribution in [0.1, 0.15) is 43.4 Å². The first kappa shape index (κ1) is 16.4. The Bertz CT molecular complexity index is 556. The summed E-state index contributed by atoms with van der Waals surface area (Å²) in [5.41, 5.74) is 0. The Hall–Kier alpha value is -0.990. The molecule has 2 rings (SSSR count). The molecule has 0 saturated carbocycles. The number of likely N-dealkylation sites (tertiary alicyclic amines) is 1. The highest BCUT2D eigenvalue weighted by Crippen LogP contribution is 2.29. The number of hydrogen-bond donors (Lipinski definition) is 0. The maximum absolute atomic E-state index is 11.8. The van der Waals surface area contributed by atoms with Crippen LogP contribution in [0.2, 0.25) is 0 Å². The van der Waals surface area contributed by atoms with E-state index in [1.54, 1.807) is 14.1 Å². The Labute approximate surface area is 126 Å². The first-order valence-corrected chi connectivity index (χ1v) is 8.95. The van der Waals surface area contributed by atoms with Gasteiger partial charge in [-0.25, -0.2) is 12.7 Å². The van der Waals surface area contributed by atoms with Gasteiger partial charge in [0.2, 0.25) is 15.9 Å². The summed E-state index contributed by atoms with van der Waals surface area (Å²) in [6.45, 7) is 3.50. The van der Waals surface area contributed by atoms with E-state index < -0.39 is 10.0 Å². The van der Waals surface area contributed by atoms with Gasteiger partial charge in [0, 0.05) is 14.1 Å². The molecular formula is C13H24N4O3S. The fourth-order valence-electron chi connectivity index (χ4n) is 2.62. The molecule has 1 saturated heterocycles. The fourth-order valence-corrected chi connectivity index (χ4v) is 3.48. The number of hydrogen-bond acceptors (Lipinski definition) is 6. The van der Waals surface area contributed by atoms with E-state index in [1.165, 1.54) is 4.31 Å². The molecule has 1 atom stereocenters. The lowest BCUT2D eigenvalue weighted by molar-refractivity contribution is 0.119. The lowest BCUT2D eigenvalue weighted by Crippen LogP contribution is -2.36. The van der Waals surface area contributed by atoms with Crippen LogP contribution in [-0.2, 0) is 10.0 Å². The Morgan fingerprint density at radius 2 is 2.14 bits per heavy atom. The van der Waals surface area contributed by atoms with E-state index in [2.05, 4.69) is 15.0 Å². The third-order valence-corrected chi connectivity index (χ3v) is 5.76. The van der Waals surface area contributed by atoms with Crippen molar-refractivity contribution in [2.75, 3.05) is 32.9 Å². The van der Waals surface area contributed by atoms with Crippen molar-refractivity contribution < 1.29 is 12.9 Å². The van der Waals surface area contributed by atoms with E-state index in [0.29, 0.717) is 18.1 Å². The zero-order valence-corrected chi connectivity index (χ0v) is 13.8. The summed E-state index contributed by atoms with van der Waals surface area (Å²) in [6, 6.07) is 0.127. The molecule has 21 heavy (non-hydrogen) atoms. The van der Waals surface area contributed by atoms with Crippen molar-refractivity contribution in [3.8, 4) is 0 Å². The highest BCUT2D eigenvalue weighted by Gasteiger charge is 2.28. The molecule has 1 fully saturated rings. The molecule has 2 heterocycles. The minimum absolute atomic E-state index is 0.127. The van der Waals surface area contributed by atoms with Crippen LogP contribution in [0, 0.1) is 6.92 Å². The van der Waals surface area contributed by atoms with Crippen molar-refractivity contribution in [2.45, 2.75) is 38.6 Å². The smallest absolute Gasteiger partial charge is 0.243 e. The Morgan fingerprint density at radius 3 is 2.76 bits per heavy atom. The summed E-state index contributed by atoms with van der Waals surface area (Å²) in [6.07, 6.45) is 3.87. The number of aromatic nitrogens is 2. The first-order chi connectivity index (χ1) is 9.90. The topological polar surface area (TPSA) is 79.5 Å². The van der Waals surface area contributed by atoms with Crippen LogP contribution in [0.4, 0.5) is 0 Å². The third kappa shape index (κ3) is 4.24. The average Bonchev–Trinajstić information content (AvgIpc) is 2.85. The molecule has 0 aliphatic carbocycles. The molecule has 1 aromatic rings. The lowest BCUT2D eigenvalue weighted by Gasteiger charge is -2.33. The summed E-state index contributed by atoms with van der Waals surface area (Å²) in [5.74, 6) is 1.47. The minimum atomic E-state index is -3.12. The van der Waals surface area contributed by atoms with E-state index in [4.69, 9.17) is 4.52 Å². The van der Waals surface area contributed by atoms with Crippen LogP contribution in [0.25, 0.3) is 0 Å². The molecule has 0 aromatic carbocycles. The van der Waals surface area contributed by atoms with Gasteiger partial charge in [-0.05, 0) is 39.3 Å². The van der Waals surface area contributed by atoms with Crippen molar-refractivity contribution in [1.82, 2.24) is 19.3 Å². The second-order valence-corrected chi connectivity index (χ2v) is 7.98. The van der Waals surface area contributed by atoms with Gasteiger partial charge in [-0.3, -0.25) is 4.90 Å². The van der Waals surface area contributed by atoms with Gasteiger partial charge in [0.15, 0.2) is 5.82 Å². The highest BCUT2D eigenvalue weighted by molar-refractivity contribution is 7.89. The quantitative estimate of drug-likeness (QED) is 0.784. The summed E-state index contributed by atoms with van der Waals surface area (Å²) in [4.78, 5) is 6.59. The predicted octanol–water partition coefficient (Wildman–Crippen LogP) is 1.19. The van der Waals surface area contributed by atoms with E-state index in [-0.39, 0.29) is 11.8 Å². The second-order valence-electron chi connectivity index (χ2n) is 5.68. The molecule has 7 nitrogen and oxygen atoms in total. The van der Waals surface area contributed by atoms with Gasteiger partial charge in [-0.15, -0.1) is 0 Å². The summed E-state index contributed by atoms with van der Waals surface area (Å²) >= 11 is 0. The SMILES string of the molecule is Cc1noc(C2CCCCN2CCCS(=O)(=O)N(C)C)n1. The lowest BCUT2D eigenvalue weighted by atomic mass is 10.0. The molecule has 0 amide bonds. The largest absolute Gasteiger partial charge is 0.338 e. The maximum Gasteiger partial charge on any atom is 0.243 e. The van der Waals surface area contributed by atoms with E-state index >= 15 is 0 Å². The van der Waals surface area contributed by atoms with Crippen LogP contribution >= 0.6 is 0 Å². The molecule has 1 aliphatic heterocycles. The molecule has 8 heteroatoms. The van der Waals surface area contributed by atoms with Gasteiger partial charge in [-0.1, -0.05) is 11.6 Å². The van der Waals surface area contributed by atoms with Gasteiger partial charge >= 0.3 is 0 Å². The van der Waals surface area contributed by atoms with Gasteiger partial charge in [0.1, 0.15) is 0 Å². The number of sulfonamides is 1. The average molecular weight is 316 g/mol. The van der Waals surface area contributed by atoms with Gasteiger partial charge < -0.3 is 4.52 Å². The number of rotatable bonds is 6. The zero-order chi connectivity index (χ0) is 15.5. The Morgan fingerprint density at radius 1 is 1.38 bits per heavy atom. The Kier molecular flexibility index (Phi) is 5.34. The zero-order valence-electron chi connectivity index (χ0n) is 12.9. The first-order valence-electron chi connectivity index (χ1n) is 7.34. The summed E-state index contributed by atoms with van der Waals surface area (Å²) in [5, 5.41) is 3.85. The molecule has 0 radical (unpaired) electrons. The van der Waals surface area contributed by atoms with E-state index in [9.17, 15) is 8.42 Å². The molecule has 1 unspecified atom stereocenters. The normalized spacial score (nSPS) is 21.0. The van der Waals surface area contributed by atoms with Crippen molar-refractivity contribution >= 4 is 10.0 Å². The van der Waals surface area contributed by atoms with Crippen molar-refractivity contribution in [3.05, 3.63) is 11.7 Å². The number of aryl methyl sites for hydroxylation is 1. The van der Waals surface area contributed by atoms with E-state index in [1.807, 2.05) is 6.92 Å². The van der Waals surface area contributed by atoms with Crippen molar-refractivity contribution in [3.63, 3.8) is 0 Å². The van der Waals surface area contributed by atoms with Crippen molar-refractivity contribution in [1.29, 1.82) is 0 Å². The summed E-state index contributed by atoms with van der Waals surface area (Å²) in [7, 11) is 0.0176. The molecule has 1 aromatic heterocycles. The molecule has 0 N–H and O–H groups in total. The molecule has 120 valence electrons. The third-order valence-electron chi connectivity index (χ3n) is 3.85. The fraction of sp³-hybridized carbons (Fsp3) is 0.846. The predicted molar refractivity (Wildman–Crippen MR) is 79.3 cm³/mol. The minimum Gasteiger partial charge on any atom is -0.338 e. The van der Waals surface area contributed by atoms with Crippen LogP contribution < -0.4 is 0 Å². The van der Waals surface area contributed by atoms with Crippen LogP contribution in [0.15, 0.2) is 4.52 Å². The molecular weight excluding hydrogens is 292 g/mol. The molecule has 0 spiro atoms. The summed E-state index contributed by atoms with van der Waals surface area (Å²) < 4.78 is 30.2. The van der Waals surface area contributed by atoms with E-state index in [0.717, 1.165) is 32.4 Å². The van der Waals surface area contributed by atoms with Crippen LogP contribution in [0.5, 0.6) is 0 Å². The number of piperidine rings is 1. The van der Waals surface area contributed by atoms with Gasteiger partial charge in [0.05, 0.1) is 11.8 Å². The second kappa shape index (κ2) is 6.85. The monoisotopic (exact) mass is 316 g/mol. The standard InChI is InChI=1S/C13H24N4O3S/c1-11-14-13(20-15-11)12-7-4-5-8-17(12)9-6-10-21(18,19)16(2)3/h12H,4-10H2,1-3H3. The molecule has 1 aliphatic rings. The van der Waals surface area contributed by atoms with Crippen LogP contribution in [-0.4, -0.2) is 60.7 Å².